The maximum atomic E-state index is 12.1. The van der Waals surface area contributed by atoms with E-state index in [1.54, 1.807) is 0 Å². The van der Waals surface area contributed by atoms with Gasteiger partial charge in [-0.3, -0.25) is 4.79 Å². The summed E-state index contributed by atoms with van der Waals surface area (Å²) in [4.78, 5) is 20.4. The topological polar surface area (TPSA) is 75.1 Å². The van der Waals surface area contributed by atoms with Gasteiger partial charge >= 0.3 is 0 Å². The van der Waals surface area contributed by atoms with Crippen LogP contribution in [0.15, 0.2) is 6.20 Å². The Labute approximate surface area is 118 Å². The summed E-state index contributed by atoms with van der Waals surface area (Å²) >= 11 is 5.95. The second-order valence-corrected chi connectivity index (χ2v) is 5.49. The Morgan fingerprint density at radius 2 is 2.05 bits per heavy atom. The van der Waals surface area contributed by atoms with Crippen LogP contribution in [0.4, 0.5) is 0 Å². The molecule has 0 aliphatic carbocycles. The lowest BCUT2D eigenvalue weighted by molar-refractivity contribution is 0.0891. The lowest BCUT2D eigenvalue weighted by Gasteiger charge is -2.20. The van der Waals surface area contributed by atoms with Gasteiger partial charge in [0.05, 0.1) is 23.9 Å². The Hall–Kier alpha value is -1.20. The number of hydrogen-bond donors (Lipinski definition) is 2. The monoisotopic (exact) mass is 285 g/mol. The van der Waals surface area contributed by atoms with Crippen LogP contribution in [0.25, 0.3) is 0 Å². The van der Waals surface area contributed by atoms with Crippen molar-refractivity contribution < 1.29 is 9.90 Å². The molecular weight excluding hydrogens is 266 g/mol. The molecule has 5 nitrogen and oxygen atoms in total. The van der Waals surface area contributed by atoms with E-state index >= 15 is 0 Å². The molecule has 1 amide bonds. The maximum absolute atomic E-state index is 12.1. The van der Waals surface area contributed by atoms with Crippen LogP contribution in [0.3, 0.4) is 0 Å². The average Bonchev–Trinajstić information content (AvgIpc) is 2.35. The van der Waals surface area contributed by atoms with E-state index in [9.17, 15) is 9.90 Å². The summed E-state index contributed by atoms with van der Waals surface area (Å²) in [5, 5.41) is 12.2. The van der Waals surface area contributed by atoms with Crippen molar-refractivity contribution in [3.8, 4) is 0 Å². The van der Waals surface area contributed by atoms with Crippen molar-refractivity contribution in [2.75, 3.05) is 6.61 Å². The molecule has 1 atom stereocenters. The lowest BCUT2D eigenvalue weighted by atomic mass is 10.1. The number of rotatable bonds is 5. The number of aliphatic hydroxyl groups excluding tert-OH is 1. The van der Waals surface area contributed by atoms with E-state index in [0.717, 1.165) is 0 Å². The molecule has 0 unspecified atom stereocenters. The van der Waals surface area contributed by atoms with Crippen molar-refractivity contribution in [3.05, 3.63) is 22.7 Å². The standard InChI is InChI=1S/C13H20ClN3O2/c1-7(2)10(6-18)16-13(19)11-9(14)5-15-12(17-11)8(3)4/h5,7-8,10,18H,6H2,1-4H3,(H,16,19)/t10-/m1/s1. The highest BCUT2D eigenvalue weighted by Crippen LogP contribution is 2.16. The molecule has 19 heavy (non-hydrogen) atoms. The number of nitrogens with one attached hydrogen (secondary N) is 1. The summed E-state index contributed by atoms with van der Waals surface area (Å²) in [6, 6.07) is -0.318. The lowest BCUT2D eigenvalue weighted by Crippen LogP contribution is -2.41. The van der Waals surface area contributed by atoms with Gasteiger partial charge in [0.15, 0.2) is 0 Å². The van der Waals surface area contributed by atoms with E-state index in [1.165, 1.54) is 6.20 Å². The molecule has 1 rings (SSSR count). The Morgan fingerprint density at radius 1 is 1.42 bits per heavy atom. The smallest absolute Gasteiger partial charge is 0.271 e. The van der Waals surface area contributed by atoms with Gasteiger partial charge < -0.3 is 10.4 Å². The highest BCUT2D eigenvalue weighted by atomic mass is 35.5. The van der Waals surface area contributed by atoms with E-state index in [0.29, 0.717) is 5.82 Å². The fourth-order valence-corrected chi connectivity index (χ4v) is 1.65. The first-order valence-electron chi connectivity index (χ1n) is 6.31. The van der Waals surface area contributed by atoms with E-state index in [1.807, 2.05) is 27.7 Å². The van der Waals surface area contributed by atoms with E-state index in [4.69, 9.17) is 11.6 Å². The molecule has 0 spiro atoms. The Morgan fingerprint density at radius 3 is 2.53 bits per heavy atom. The minimum Gasteiger partial charge on any atom is -0.394 e. The normalized spacial score (nSPS) is 12.8. The highest BCUT2D eigenvalue weighted by molar-refractivity contribution is 6.33. The molecule has 0 aliphatic heterocycles. The number of carbonyl (C=O) groups is 1. The van der Waals surface area contributed by atoms with Crippen LogP contribution >= 0.6 is 11.6 Å². The van der Waals surface area contributed by atoms with Crippen LogP contribution in [0.1, 0.15) is 49.9 Å². The number of carbonyl (C=O) groups excluding carboxylic acids is 1. The summed E-state index contributed by atoms with van der Waals surface area (Å²) < 4.78 is 0. The third-order valence-corrected chi connectivity index (χ3v) is 3.09. The molecule has 1 aromatic heterocycles. The Balaban J connectivity index is 2.95. The molecule has 0 saturated heterocycles. The molecule has 0 aromatic carbocycles. The van der Waals surface area contributed by atoms with Gasteiger partial charge in [-0.1, -0.05) is 39.3 Å². The molecule has 1 heterocycles. The number of halogens is 1. The van der Waals surface area contributed by atoms with Gasteiger partial charge in [0.2, 0.25) is 0 Å². The van der Waals surface area contributed by atoms with Crippen molar-refractivity contribution >= 4 is 17.5 Å². The molecule has 0 radical (unpaired) electrons. The van der Waals surface area contributed by atoms with Gasteiger partial charge in [-0.05, 0) is 5.92 Å². The van der Waals surface area contributed by atoms with Gasteiger partial charge in [0.25, 0.3) is 5.91 Å². The molecule has 0 aliphatic rings. The van der Waals surface area contributed by atoms with Crippen LogP contribution in [0.5, 0.6) is 0 Å². The van der Waals surface area contributed by atoms with Gasteiger partial charge in [0.1, 0.15) is 11.5 Å². The van der Waals surface area contributed by atoms with Crippen molar-refractivity contribution in [2.45, 2.75) is 39.7 Å². The quantitative estimate of drug-likeness (QED) is 0.868. The first-order chi connectivity index (χ1) is 8.86. The fraction of sp³-hybridized carbons (Fsp3) is 0.615. The number of aliphatic hydroxyl groups is 1. The first kappa shape index (κ1) is 15.9. The fourth-order valence-electron chi connectivity index (χ4n) is 1.48. The molecule has 2 N–H and O–H groups in total. The van der Waals surface area contributed by atoms with Gasteiger partial charge in [0, 0.05) is 5.92 Å². The zero-order valence-electron chi connectivity index (χ0n) is 11.6. The molecule has 106 valence electrons. The van der Waals surface area contributed by atoms with E-state index < -0.39 is 0 Å². The van der Waals surface area contributed by atoms with Crippen molar-refractivity contribution in [3.63, 3.8) is 0 Å². The van der Waals surface area contributed by atoms with Crippen molar-refractivity contribution in [1.29, 1.82) is 0 Å². The molecule has 1 aromatic rings. The third kappa shape index (κ3) is 4.14. The summed E-state index contributed by atoms with van der Waals surface area (Å²) in [5.74, 6) is 0.420. The molecule has 0 saturated carbocycles. The predicted octanol–water partition coefficient (Wildman–Crippen LogP) is 2.00. The van der Waals surface area contributed by atoms with Crippen LogP contribution in [-0.4, -0.2) is 33.6 Å². The van der Waals surface area contributed by atoms with Crippen molar-refractivity contribution in [1.82, 2.24) is 15.3 Å². The third-order valence-electron chi connectivity index (χ3n) is 2.81. The van der Waals surface area contributed by atoms with Crippen LogP contribution in [-0.2, 0) is 0 Å². The number of hydrogen-bond acceptors (Lipinski definition) is 4. The SMILES string of the molecule is CC(C)c1ncc(Cl)c(C(=O)N[C@H](CO)C(C)C)n1. The highest BCUT2D eigenvalue weighted by Gasteiger charge is 2.20. The second-order valence-electron chi connectivity index (χ2n) is 5.09. The minimum atomic E-state index is -0.387. The largest absolute Gasteiger partial charge is 0.394 e. The minimum absolute atomic E-state index is 0.113. The Kier molecular flexibility index (Phi) is 5.69. The van der Waals surface area contributed by atoms with Gasteiger partial charge in [-0.25, -0.2) is 9.97 Å². The summed E-state index contributed by atoms with van der Waals surface area (Å²) in [6.45, 7) is 7.60. The number of nitrogens with zero attached hydrogens (tertiary/aromatic N) is 2. The van der Waals surface area contributed by atoms with Crippen LogP contribution < -0.4 is 5.32 Å². The number of amides is 1. The zero-order chi connectivity index (χ0) is 14.6. The molecule has 6 heteroatoms. The summed E-state index contributed by atoms with van der Waals surface area (Å²) in [6.07, 6.45) is 1.43. The van der Waals surface area contributed by atoms with Gasteiger partial charge in [-0.2, -0.15) is 0 Å². The molecular formula is C13H20ClN3O2. The molecule has 0 bridgehead atoms. The van der Waals surface area contributed by atoms with Crippen LogP contribution in [0, 0.1) is 5.92 Å². The second kappa shape index (κ2) is 6.82. The summed E-state index contributed by atoms with van der Waals surface area (Å²) in [5.41, 5.74) is 0.152. The number of aromatic nitrogens is 2. The Bertz CT molecular complexity index is 450. The van der Waals surface area contributed by atoms with E-state index in [2.05, 4.69) is 15.3 Å². The summed E-state index contributed by atoms with van der Waals surface area (Å²) in [7, 11) is 0. The predicted molar refractivity (Wildman–Crippen MR) is 74.3 cm³/mol. The van der Waals surface area contributed by atoms with E-state index in [-0.39, 0.29) is 41.1 Å². The average molecular weight is 286 g/mol. The maximum Gasteiger partial charge on any atom is 0.271 e. The zero-order valence-corrected chi connectivity index (χ0v) is 12.4. The van der Waals surface area contributed by atoms with Crippen molar-refractivity contribution in [2.24, 2.45) is 5.92 Å². The van der Waals surface area contributed by atoms with Crippen LogP contribution in [0.2, 0.25) is 5.02 Å². The van der Waals surface area contributed by atoms with Gasteiger partial charge in [-0.15, -0.1) is 0 Å². The molecule has 0 fully saturated rings. The first-order valence-corrected chi connectivity index (χ1v) is 6.68.